The van der Waals surface area contributed by atoms with Crippen LogP contribution in [0.3, 0.4) is 0 Å². The van der Waals surface area contributed by atoms with Gasteiger partial charge in [-0.05, 0) is 72.4 Å². The highest BCUT2D eigenvalue weighted by Gasteiger charge is 2.22. The van der Waals surface area contributed by atoms with E-state index in [1.807, 2.05) is 54.2 Å². The van der Waals surface area contributed by atoms with Gasteiger partial charge in [0.05, 0.1) is 17.6 Å². The average Bonchev–Trinajstić information content (AvgIpc) is 3.15. The molecule has 0 spiro atoms. The van der Waals surface area contributed by atoms with Gasteiger partial charge in [0.15, 0.2) is 0 Å². The Morgan fingerprint density at radius 3 is 2.58 bits per heavy atom. The van der Waals surface area contributed by atoms with Crippen molar-refractivity contribution in [2.45, 2.75) is 19.8 Å². The minimum absolute atomic E-state index is 0.753. The van der Waals surface area contributed by atoms with E-state index in [0.717, 1.165) is 39.7 Å². The minimum atomic E-state index is 0.753. The van der Waals surface area contributed by atoms with Gasteiger partial charge in [-0.2, -0.15) is 5.10 Å². The molecule has 120 valence electrons. The predicted molar refractivity (Wildman–Crippen MR) is 101 cm³/mol. The molecule has 0 N–H and O–H groups in total. The van der Waals surface area contributed by atoms with E-state index in [4.69, 9.17) is 23.2 Å². The summed E-state index contributed by atoms with van der Waals surface area (Å²) in [6.45, 7) is 2.01. The summed E-state index contributed by atoms with van der Waals surface area (Å²) in [5, 5.41) is 6.10. The van der Waals surface area contributed by atoms with Crippen LogP contribution in [0.15, 0.2) is 48.7 Å². The molecule has 3 aromatic rings. The van der Waals surface area contributed by atoms with E-state index in [1.165, 1.54) is 16.8 Å². The molecule has 2 nitrogen and oxygen atoms in total. The zero-order valence-corrected chi connectivity index (χ0v) is 14.8. The fourth-order valence-electron chi connectivity index (χ4n) is 3.11. The van der Waals surface area contributed by atoms with Crippen LogP contribution in [-0.2, 0) is 6.42 Å². The molecule has 0 aliphatic heterocycles. The number of hydrogen-bond acceptors (Lipinski definition) is 1. The van der Waals surface area contributed by atoms with Crippen molar-refractivity contribution in [2.24, 2.45) is 0 Å². The lowest BCUT2D eigenvalue weighted by Crippen LogP contribution is -2.01. The highest BCUT2D eigenvalue weighted by molar-refractivity contribution is 6.31. The highest BCUT2D eigenvalue weighted by atomic mass is 35.5. The predicted octanol–water partition coefficient (Wildman–Crippen LogP) is 5.97. The van der Waals surface area contributed by atoms with Crippen molar-refractivity contribution in [3.8, 4) is 5.69 Å². The van der Waals surface area contributed by atoms with Gasteiger partial charge in [0, 0.05) is 10.0 Å². The number of halogens is 2. The topological polar surface area (TPSA) is 17.8 Å². The number of nitrogens with zero attached hydrogens (tertiary/aromatic N) is 2. The van der Waals surface area contributed by atoms with Gasteiger partial charge in [-0.3, -0.25) is 0 Å². The fraction of sp³-hybridized carbons (Fsp3) is 0.150. The van der Waals surface area contributed by atoms with Crippen molar-refractivity contribution in [1.29, 1.82) is 0 Å². The molecule has 0 unspecified atom stereocenters. The van der Waals surface area contributed by atoms with E-state index in [-0.39, 0.29) is 0 Å². The summed E-state index contributed by atoms with van der Waals surface area (Å²) in [4.78, 5) is 0. The molecule has 0 saturated heterocycles. The van der Waals surface area contributed by atoms with Gasteiger partial charge in [-0.25, -0.2) is 4.68 Å². The van der Waals surface area contributed by atoms with Gasteiger partial charge in [0.25, 0.3) is 0 Å². The molecular formula is C20H16Cl2N2. The quantitative estimate of drug-likeness (QED) is 0.553. The third-order valence-electron chi connectivity index (χ3n) is 4.42. The molecule has 1 heterocycles. The second-order valence-corrected chi connectivity index (χ2v) is 6.93. The monoisotopic (exact) mass is 354 g/mol. The third-order valence-corrected chi connectivity index (χ3v) is 5.08. The molecule has 1 aliphatic carbocycles. The maximum absolute atomic E-state index is 6.29. The molecule has 2 aromatic carbocycles. The molecule has 1 aromatic heterocycles. The first-order chi connectivity index (χ1) is 11.6. The second-order valence-electron chi connectivity index (χ2n) is 6.08. The first-order valence-corrected chi connectivity index (χ1v) is 8.67. The van der Waals surface area contributed by atoms with Crippen molar-refractivity contribution in [1.82, 2.24) is 9.78 Å². The lowest BCUT2D eigenvalue weighted by molar-refractivity contribution is 0.864. The second kappa shape index (κ2) is 6.12. The van der Waals surface area contributed by atoms with Crippen LogP contribution in [0.5, 0.6) is 0 Å². The van der Waals surface area contributed by atoms with Crippen molar-refractivity contribution in [3.05, 3.63) is 81.1 Å². The van der Waals surface area contributed by atoms with Gasteiger partial charge in [-0.15, -0.1) is 0 Å². The van der Waals surface area contributed by atoms with Crippen LogP contribution in [-0.4, -0.2) is 9.78 Å². The Labute approximate surface area is 151 Å². The molecule has 4 rings (SSSR count). The van der Waals surface area contributed by atoms with Crippen molar-refractivity contribution in [2.75, 3.05) is 0 Å². The van der Waals surface area contributed by atoms with Crippen LogP contribution >= 0.6 is 23.2 Å². The number of aromatic nitrogens is 2. The zero-order chi connectivity index (χ0) is 16.7. The van der Waals surface area contributed by atoms with Crippen LogP contribution in [0.1, 0.15) is 28.8 Å². The lowest BCUT2D eigenvalue weighted by Gasteiger charge is -2.09. The third kappa shape index (κ3) is 2.77. The summed E-state index contributed by atoms with van der Waals surface area (Å²) in [7, 11) is 0. The Bertz CT molecular complexity index is 937. The first kappa shape index (κ1) is 15.5. The van der Waals surface area contributed by atoms with E-state index in [9.17, 15) is 0 Å². The summed E-state index contributed by atoms with van der Waals surface area (Å²) in [6.07, 6.45) is 6.23. The fourth-order valence-corrected chi connectivity index (χ4v) is 3.41. The number of allylic oxidation sites excluding steroid dienone is 1. The summed E-state index contributed by atoms with van der Waals surface area (Å²) in [5.74, 6) is 0. The Hall–Kier alpha value is -2.03. The summed E-state index contributed by atoms with van der Waals surface area (Å²) < 4.78 is 2.00. The minimum Gasteiger partial charge on any atom is -0.233 e. The van der Waals surface area contributed by atoms with E-state index in [2.05, 4.69) is 17.2 Å². The Morgan fingerprint density at radius 2 is 1.83 bits per heavy atom. The molecule has 0 saturated carbocycles. The molecule has 24 heavy (non-hydrogen) atoms. The molecule has 1 aliphatic rings. The zero-order valence-electron chi connectivity index (χ0n) is 13.3. The van der Waals surface area contributed by atoms with E-state index in [1.54, 1.807) is 0 Å². The normalized spacial score (nSPS) is 15.0. The van der Waals surface area contributed by atoms with Crippen LogP contribution in [0, 0.1) is 6.92 Å². The van der Waals surface area contributed by atoms with Gasteiger partial charge in [-0.1, -0.05) is 41.4 Å². The summed E-state index contributed by atoms with van der Waals surface area (Å²) >= 11 is 12.3. The van der Waals surface area contributed by atoms with Gasteiger partial charge < -0.3 is 0 Å². The van der Waals surface area contributed by atoms with Crippen LogP contribution in [0.25, 0.3) is 17.3 Å². The van der Waals surface area contributed by atoms with Crippen molar-refractivity contribution < 1.29 is 0 Å². The smallest absolute Gasteiger partial charge is 0.0733 e. The molecular weight excluding hydrogens is 339 g/mol. The number of fused-ring (bicyclic) bond motifs is 1. The molecule has 0 atom stereocenters. The van der Waals surface area contributed by atoms with Gasteiger partial charge >= 0.3 is 0 Å². The summed E-state index contributed by atoms with van der Waals surface area (Å²) in [6, 6.07) is 14.0. The van der Waals surface area contributed by atoms with E-state index < -0.39 is 0 Å². The number of benzene rings is 2. The number of rotatable bonds is 2. The average molecular weight is 355 g/mol. The first-order valence-electron chi connectivity index (χ1n) is 7.92. The maximum Gasteiger partial charge on any atom is 0.0733 e. The van der Waals surface area contributed by atoms with Crippen LogP contribution in [0.4, 0.5) is 0 Å². The Kier molecular flexibility index (Phi) is 3.95. The van der Waals surface area contributed by atoms with Crippen LogP contribution < -0.4 is 0 Å². The highest BCUT2D eigenvalue weighted by Crippen LogP contribution is 2.35. The Morgan fingerprint density at radius 1 is 1.04 bits per heavy atom. The molecule has 4 heteroatoms. The lowest BCUT2D eigenvalue weighted by atomic mass is 10.1. The number of hydrogen-bond donors (Lipinski definition) is 0. The summed E-state index contributed by atoms with van der Waals surface area (Å²) in [5.41, 5.74) is 6.98. The van der Waals surface area contributed by atoms with Gasteiger partial charge in [0.2, 0.25) is 0 Å². The van der Waals surface area contributed by atoms with E-state index >= 15 is 0 Å². The van der Waals surface area contributed by atoms with Crippen molar-refractivity contribution >= 4 is 34.9 Å². The molecule has 0 fully saturated rings. The molecule has 0 amide bonds. The van der Waals surface area contributed by atoms with Crippen LogP contribution in [0.2, 0.25) is 10.0 Å². The standard InChI is InChI=1S/C20H16Cl2N2/c1-13-2-9-18(11-19(13)22)24-20-15(5-6-16(20)12-23-24)10-14-3-7-17(21)8-4-14/h2-4,7-12H,5-6H2,1H3/b15-10+. The molecule has 0 radical (unpaired) electrons. The Balaban J connectivity index is 1.79. The largest absolute Gasteiger partial charge is 0.233 e. The van der Waals surface area contributed by atoms with E-state index in [0.29, 0.717) is 0 Å². The van der Waals surface area contributed by atoms with Gasteiger partial charge in [0.1, 0.15) is 0 Å². The molecule has 0 bridgehead atoms. The SMILES string of the molecule is Cc1ccc(-n2ncc3c2/C(=C/c2ccc(Cl)cc2)CC3)cc1Cl. The maximum atomic E-state index is 6.29. The van der Waals surface area contributed by atoms with Crippen molar-refractivity contribution in [3.63, 3.8) is 0 Å². The number of aryl methyl sites for hydroxylation is 2.